The van der Waals surface area contributed by atoms with Gasteiger partial charge in [0.25, 0.3) is 0 Å². The Morgan fingerprint density at radius 2 is 1.87 bits per heavy atom. The molecular weight excluding hydrogens is 536 g/mol. The fourth-order valence-electron chi connectivity index (χ4n) is 8.20. The third-order valence-electron chi connectivity index (χ3n) is 10.0. The van der Waals surface area contributed by atoms with E-state index < -0.39 is 5.92 Å². The van der Waals surface area contributed by atoms with Crippen LogP contribution < -0.4 is 21.3 Å². The summed E-state index contributed by atoms with van der Waals surface area (Å²) >= 11 is 8.13. The molecule has 2 aliphatic carbocycles. The molecule has 1 spiro atoms. The molecule has 0 aromatic carbocycles. The second-order valence-corrected chi connectivity index (χ2v) is 14.6. The number of ether oxygens (including phenoxy) is 1. The zero-order chi connectivity index (χ0) is 26.8. The van der Waals surface area contributed by atoms with Crippen molar-refractivity contribution in [3.8, 4) is 0 Å². The molecule has 0 bridgehead atoms. The quantitative estimate of drug-likeness (QED) is 0.294. The molecule has 9 unspecified atom stereocenters. The molecular formula is C26H40ClF2N5O3S. The minimum atomic E-state index is -2.53. The smallest absolute Gasteiger partial charge is 0.249 e. The molecule has 6 fully saturated rings. The Kier molecular flexibility index (Phi) is 7.43. The normalized spacial score (nSPS) is 43.8. The van der Waals surface area contributed by atoms with Crippen molar-refractivity contribution in [2.45, 2.75) is 85.8 Å². The number of likely N-dealkylation sites (tertiary alicyclic amines) is 1. The van der Waals surface area contributed by atoms with Gasteiger partial charge < -0.3 is 20.3 Å². The number of alkyl halides is 3. The van der Waals surface area contributed by atoms with Crippen LogP contribution in [0.1, 0.15) is 45.4 Å². The summed E-state index contributed by atoms with van der Waals surface area (Å²) in [5.41, 5.74) is -0.587. The van der Waals surface area contributed by atoms with Gasteiger partial charge in [0.05, 0.1) is 17.5 Å². The largest absolute Gasteiger partial charge is 0.380 e. The van der Waals surface area contributed by atoms with Crippen molar-refractivity contribution in [3.63, 3.8) is 0 Å². The maximum absolute atomic E-state index is 13.5. The van der Waals surface area contributed by atoms with Gasteiger partial charge in [-0.25, -0.2) is 8.78 Å². The van der Waals surface area contributed by atoms with E-state index in [1.54, 1.807) is 18.9 Å². The van der Waals surface area contributed by atoms with Gasteiger partial charge in [0.2, 0.25) is 17.7 Å². The molecule has 214 valence electrons. The predicted molar refractivity (Wildman–Crippen MR) is 142 cm³/mol. The second-order valence-electron chi connectivity index (χ2n) is 12.8. The zero-order valence-electron chi connectivity index (χ0n) is 22.1. The van der Waals surface area contributed by atoms with E-state index in [1.165, 1.54) is 0 Å². The van der Waals surface area contributed by atoms with Crippen LogP contribution >= 0.6 is 23.4 Å². The Bertz CT molecular complexity index is 919. The molecule has 4 heterocycles. The minimum absolute atomic E-state index is 0.0313. The van der Waals surface area contributed by atoms with E-state index in [1.807, 2.05) is 4.90 Å². The number of piperidine rings is 2. The summed E-state index contributed by atoms with van der Waals surface area (Å²) in [7, 11) is 1.73. The average molecular weight is 576 g/mol. The average Bonchev–Trinajstić information content (AvgIpc) is 3.39. The second kappa shape index (κ2) is 10.3. The zero-order valence-corrected chi connectivity index (χ0v) is 23.6. The molecule has 0 aromatic heterocycles. The van der Waals surface area contributed by atoms with Gasteiger partial charge in [-0.15, -0.1) is 23.4 Å². The number of fused-ring (bicyclic) bond motifs is 1. The molecule has 6 rings (SSSR count). The number of carbonyl (C=O) groups excluding carboxylic acids is 2. The maximum Gasteiger partial charge on any atom is 0.249 e. The van der Waals surface area contributed by atoms with E-state index >= 15 is 0 Å². The summed E-state index contributed by atoms with van der Waals surface area (Å²) in [6.07, 6.45) is 2.81. The maximum atomic E-state index is 13.5. The lowest BCUT2D eigenvalue weighted by Crippen LogP contribution is -2.58. The van der Waals surface area contributed by atoms with E-state index in [-0.39, 0.29) is 82.1 Å². The van der Waals surface area contributed by atoms with Crippen LogP contribution in [-0.4, -0.2) is 90.4 Å². The summed E-state index contributed by atoms with van der Waals surface area (Å²) < 4.78 is 32.4. The SMILES string of the molecule is COC1CNC(Cl)CC1C1CC(C)NCC1C(=O)NC1NC2CN(C(=O)C3CC4(C3)CC(F)(F)C4)CC2S1. The van der Waals surface area contributed by atoms with Crippen LogP contribution in [0.15, 0.2) is 0 Å². The fraction of sp³-hybridized carbons (Fsp3) is 0.923. The van der Waals surface area contributed by atoms with Crippen LogP contribution in [-0.2, 0) is 14.3 Å². The Balaban J connectivity index is 1.01. The number of methoxy groups -OCH3 is 1. The van der Waals surface area contributed by atoms with Crippen molar-refractivity contribution in [2.24, 2.45) is 29.1 Å². The number of hydrogen-bond acceptors (Lipinski definition) is 7. The van der Waals surface area contributed by atoms with E-state index in [2.05, 4.69) is 28.2 Å². The fourth-order valence-corrected chi connectivity index (χ4v) is 9.90. The van der Waals surface area contributed by atoms with E-state index in [4.69, 9.17) is 16.3 Å². The highest BCUT2D eigenvalue weighted by molar-refractivity contribution is 8.00. The molecule has 4 aliphatic heterocycles. The van der Waals surface area contributed by atoms with Gasteiger partial charge in [0.15, 0.2) is 0 Å². The first-order valence-corrected chi connectivity index (χ1v) is 15.4. The number of carbonyl (C=O) groups is 2. The van der Waals surface area contributed by atoms with Crippen LogP contribution in [0.3, 0.4) is 0 Å². The Morgan fingerprint density at radius 3 is 2.55 bits per heavy atom. The van der Waals surface area contributed by atoms with Crippen LogP contribution in [0.4, 0.5) is 8.78 Å². The molecule has 0 aromatic rings. The molecule has 12 heteroatoms. The first-order valence-electron chi connectivity index (χ1n) is 14.1. The third-order valence-corrected chi connectivity index (χ3v) is 11.7. The van der Waals surface area contributed by atoms with Crippen LogP contribution in [0, 0.1) is 29.1 Å². The van der Waals surface area contributed by atoms with Crippen molar-refractivity contribution >= 4 is 35.2 Å². The molecule has 2 amide bonds. The highest BCUT2D eigenvalue weighted by atomic mass is 35.5. The number of thioether (sulfide) groups is 1. The Hall–Kier alpha value is -0.720. The van der Waals surface area contributed by atoms with E-state index in [9.17, 15) is 18.4 Å². The van der Waals surface area contributed by atoms with Gasteiger partial charge >= 0.3 is 0 Å². The van der Waals surface area contributed by atoms with E-state index in [0.29, 0.717) is 45.1 Å². The number of nitrogens with zero attached hydrogens (tertiary/aromatic N) is 1. The van der Waals surface area contributed by atoms with Crippen LogP contribution in [0.5, 0.6) is 0 Å². The van der Waals surface area contributed by atoms with E-state index in [0.717, 1.165) is 12.8 Å². The molecule has 2 saturated carbocycles. The molecule has 38 heavy (non-hydrogen) atoms. The Labute approximate surface area is 232 Å². The topological polar surface area (TPSA) is 94.7 Å². The van der Waals surface area contributed by atoms with Crippen molar-refractivity contribution in [2.75, 3.05) is 33.3 Å². The molecule has 0 radical (unpaired) electrons. The standard InChI is InChI=1S/C26H40ClF2N5O3S/c1-13-3-15(16-4-21(27)31-8-19(16)37-2)17(7-30-13)22(35)33-24-32-18-9-34(10-20(18)38-24)23(36)14-5-25(6-14)11-26(28,29)12-25/h13-21,24,30-32H,3-12H2,1-2H3,(H,33,35). The molecule has 8 nitrogen and oxygen atoms in total. The lowest BCUT2D eigenvalue weighted by atomic mass is 9.50. The molecule has 4 N–H and O–H groups in total. The number of hydrogen-bond donors (Lipinski definition) is 4. The van der Waals surface area contributed by atoms with Crippen molar-refractivity contribution in [1.29, 1.82) is 0 Å². The van der Waals surface area contributed by atoms with Gasteiger partial charge in [-0.1, -0.05) is 0 Å². The van der Waals surface area contributed by atoms with Crippen molar-refractivity contribution in [3.05, 3.63) is 0 Å². The lowest BCUT2D eigenvalue weighted by molar-refractivity contribution is -0.209. The number of amides is 2. The summed E-state index contributed by atoms with van der Waals surface area (Å²) in [4.78, 5) is 28.4. The summed E-state index contributed by atoms with van der Waals surface area (Å²) in [5.74, 6) is -2.26. The molecule has 4 saturated heterocycles. The summed E-state index contributed by atoms with van der Waals surface area (Å²) in [6, 6.07) is 0.453. The van der Waals surface area contributed by atoms with Gasteiger partial charge in [-0.05, 0) is 49.9 Å². The van der Waals surface area contributed by atoms with Gasteiger partial charge in [0.1, 0.15) is 5.50 Å². The highest BCUT2D eigenvalue weighted by Gasteiger charge is 2.63. The van der Waals surface area contributed by atoms with Crippen LogP contribution in [0.2, 0.25) is 0 Å². The molecule has 6 aliphatic rings. The van der Waals surface area contributed by atoms with Gasteiger partial charge in [0, 0.05) is 69.4 Å². The Morgan fingerprint density at radius 1 is 1.11 bits per heavy atom. The highest BCUT2D eigenvalue weighted by Crippen LogP contribution is 2.64. The molecule has 9 atom stereocenters. The first kappa shape index (κ1) is 27.4. The third kappa shape index (κ3) is 5.20. The summed E-state index contributed by atoms with van der Waals surface area (Å²) in [6.45, 7) is 4.73. The predicted octanol–water partition coefficient (Wildman–Crippen LogP) is 1.93. The monoisotopic (exact) mass is 575 g/mol. The van der Waals surface area contributed by atoms with Crippen LogP contribution in [0.25, 0.3) is 0 Å². The number of halogens is 3. The lowest BCUT2D eigenvalue weighted by Gasteiger charge is -2.57. The first-order chi connectivity index (χ1) is 18.0. The van der Waals surface area contributed by atoms with Crippen molar-refractivity contribution in [1.82, 2.24) is 26.2 Å². The van der Waals surface area contributed by atoms with Gasteiger partial charge in [-0.3, -0.25) is 20.2 Å². The van der Waals surface area contributed by atoms with Gasteiger partial charge in [-0.2, -0.15) is 0 Å². The number of rotatable bonds is 5. The summed E-state index contributed by atoms with van der Waals surface area (Å²) in [5, 5.41) is 13.7. The van der Waals surface area contributed by atoms with Crippen molar-refractivity contribution < 1.29 is 23.1 Å². The minimum Gasteiger partial charge on any atom is -0.380 e. The number of nitrogens with one attached hydrogen (secondary N) is 4.